The maximum atomic E-state index is 12.6. The van der Waals surface area contributed by atoms with Gasteiger partial charge in [-0.15, -0.1) is 0 Å². The summed E-state index contributed by atoms with van der Waals surface area (Å²) in [6.45, 7) is 0. The number of hydrogen-bond acceptors (Lipinski definition) is 2. The molecule has 1 aliphatic heterocycles. The molecule has 2 nitrogen and oxygen atoms in total. The van der Waals surface area contributed by atoms with Gasteiger partial charge in [-0.3, -0.25) is 0 Å². The smallest absolute Gasteiger partial charge is 0.344 e. The molecule has 0 atom stereocenters. The van der Waals surface area contributed by atoms with Crippen molar-refractivity contribution in [2.75, 3.05) is 0 Å². The van der Waals surface area contributed by atoms with E-state index in [-0.39, 0.29) is 5.97 Å². The van der Waals surface area contributed by atoms with Gasteiger partial charge in [0.25, 0.3) is 0 Å². The summed E-state index contributed by atoms with van der Waals surface area (Å²) < 4.78 is 5.71. The fraction of sp³-hybridized carbons (Fsp3) is 0. The van der Waals surface area contributed by atoms with Crippen LogP contribution in [0.5, 0.6) is 5.75 Å². The van der Waals surface area contributed by atoms with Crippen molar-refractivity contribution in [3.63, 3.8) is 0 Å². The second-order valence-corrected chi connectivity index (χ2v) is 6.15. The lowest BCUT2D eigenvalue weighted by molar-refractivity contribution is -0.126. The molecule has 0 saturated carbocycles. The van der Waals surface area contributed by atoms with Gasteiger partial charge in [-0.25, -0.2) is 4.79 Å². The van der Waals surface area contributed by atoms with Gasteiger partial charge in [-0.2, -0.15) is 0 Å². The summed E-state index contributed by atoms with van der Waals surface area (Å²) in [6.07, 6.45) is 1.91. The number of hydrogen-bond donors (Lipinski definition) is 0. The third-order valence-corrected chi connectivity index (χ3v) is 4.68. The molecule has 0 radical (unpaired) electrons. The topological polar surface area (TPSA) is 26.3 Å². The van der Waals surface area contributed by atoms with E-state index in [4.69, 9.17) is 4.74 Å². The van der Waals surface area contributed by atoms with Crippen LogP contribution in [0.25, 0.3) is 33.2 Å². The van der Waals surface area contributed by atoms with Crippen molar-refractivity contribution in [1.29, 1.82) is 0 Å². The number of esters is 1. The van der Waals surface area contributed by atoms with Gasteiger partial charge in [0.15, 0.2) is 0 Å². The average molecular weight is 322 g/mol. The third-order valence-electron chi connectivity index (χ3n) is 4.68. The number of rotatable bonds is 1. The summed E-state index contributed by atoms with van der Waals surface area (Å²) in [5.41, 5.74) is 2.49. The number of carbonyl (C=O) groups excluding carboxylic acids is 1. The molecule has 0 aliphatic carbocycles. The van der Waals surface area contributed by atoms with Gasteiger partial charge in [-0.1, -0.05) is 78.9 Å². The molecule has 0 saturated heterocycles. The molecule has 118 valence electrons. The average Bonchev–Trinajstić information content (AvgIpc) is 3.00. The summed E-state index contributed by atoms with van der Waals surface area (Å²) in [4.78, 5) is 12.6. The Labute approximate surface area is 145 Å². The Hall–Kier alpha value is -3.39. The van der Waals surface area contributed by atoms with Crippen molar-refractivity contribution in [2.24, 2.45) is 0 Å². The van der Waals surface area contributed by atoms with Crippen molar-refractivity contribution >= 4 is 39.2 Å². The second kappa shape index (κ2) is 5.32. The number of fused-ring (bicyclic) bond motifs is 6. The van der Waals surface area contributed by atoms with Crippen LogP contribution in [0, 0.1) is 0 Å². The van der Waals surface area contributed by atoms with Gasteiger partial charge in [-0.05, 0) is 27.8 Å². The van der Waals surface area contributed by atoms with Gasteiger partial charge in [0, 0.05) is 10.9 Å². The summed E-state index contributed by atoms with van der Waals surface area (Å²) >= 11 is 0. The van der Waals surface area contributed by atoms with Crippen LogP contribution in [0.4, 0.5) is 0 Å². The van der Waals surface area contributed by atoms with E-state index in [1.807, 2.05) is 66.7 Å². The highest BCUT2D eigenvalue weighted by molar-refractivity contribution is 6.33. The molecule has 0 bridgehead atoms. The number of benzene rings is 4. The van der Waals surface area contributed by atoms with Crippen LogP contribution in [0.2, 0.25) is 0 Å². The Morgan fingerprint density at radius 2 is 1.20 bits per heavy atom. The molecular formula is C23H14O2. The molecule has 4 aromatic rings. The van der Waals surface area contributed by atoms with Gasteiger partial charge >= 0.3 is 5.97 Å². The minimum Gasteiger partial charge on any atom is -0.422 e. The highest BCUT2D eigenvalue weighted by Crippen LogP contribution is 2.46. The van der Waals surface area contributed by atoms with Gasteiger partial charge in [0.2, 0.25) is 0 Å². The second-order valence-electron chi connectivity index (χ2n) is 6.15. The lowest BCUT2D eigenvalue weighted by Crippen LogP contribution is -2.00. The van der Waals surface area contributed by atoms with Gasteiger partial charge in [0.1, 0.15) is 5.75 Å². The molecule has 5 rings (SSSR count). The first kappa shape index (κ1) is 14.0. The van der Waals surface area contributed by atoms with E-state index in [0.29, 0.717) is 11.3 Å². The SMILES string of the molecule is O=C1Oc2c(c3ccccc3c3ccccc23)/C1=C/c1ccccc1. The molecule has 2 heteroatoms. The standard InChI is InChI=1S/C23H14O2/c24-23-20(14-15-8-2-1-3-9-15)21-18-12-6-4-10-16(18)17-11-5-7-13-19(17)22(21)25-23/h1-14H/b20-14-. The van der Waals surface area contributed by atoms with Gasteiger partial charge in [0.05, 0.1) is 5.57 Å². The molecule has 0 aromatic heterocycles. The van der Waals surface area contributed by atoms with E-state index < -0.39 is 0 Å². The maximum Gasteiger partial charge on any atom is 0.344 e. The third kappa shape index (κ3) is 2.08. The largest absolute Gasteiger partial charge is 0.422 e. The van der Waals surface area contributed by atoms with Crippen LogP contribution in [0.15, 0.2) is 78.9 Å². The normalized spacial score (nSPS) is 14.9. The van der Waals surface area contributed by atoms with Crippen molar-refractivity contribution in [3.05, 3.63) is 90.0 Å². The fourth-order valence-electron chi connectivity index (χ4n) is 3.58. The Morgan fingerprint density at radius 3 is 1.92 bits per heavy atom. The van der Waals surface area contributed by atoms with Crippen molar-refractivity contribution in [3.8, 4) is 5.75 Å². The molecule has 1 aliphatic rings. The first-order chi connectivity index (χ1) is 12.3. The highest BCUT2D eigenvalue weighted by Gasteiger charge is 2.31. The van der Waals surface area contributed by atoms with E-state index in [1.165, 1.54) is 0 Å². The van der Waals surface area contributed by atoms with Crippen molar-refractivity contribution in [1.82, 2.24) is 0 Å². The molecule has 4 aromatic carbocycles. The lowest BCUT2D eigenvalue weighted by Gasteiger charge is -2.09. The molecular weight excluding hydrogens is 308 g/mol. The molecule has 0 fully saturated rings. The van der Waals surface area contributed by atoms with Crippen molar-refractivity contribution < 1.29 is 9.53 Å². The molecule has 0 N–H and O–H groups in total. The molecule has 25 heavy (non-hydrogen) atoms. The molecule has 0 amide bonds. The zero-order valence-corrected chi connectivity index (χ0v) is 13.4. The zero-order valence-electron chi connectivity index (χ0n) is 13.4. The Kier molecular flexibility index (Phi) is 2.98. The maximum absolute atomic E-state index is 12.6. The summed E-state index contributed by atoms with van der Waals surface area (Å²) in [7, 11) is 0. The molecule has 0 unspecified atom stereocenters. The van der Waals surface area contributed by atoms with Crippen LogP contribution < -0.4 is 4.74 Å². The lowest BCUT2D eigenvalue weighted by atomic mass is 9.92. The Balaban J connectivity index is 1.91. The predicted molar refractivity (Wildman–Crippen MR) is 101 cm³/mol. The first-order valence-electron chi connectivity index (χ1n) is 8.26. The summed E-state index contributed by atoms with van der Waals surface area (Å²) in [5.74, 6) is 0.377. The van der Waals surface area contributed by atoms with E-state index in [0.717, 1.165) is 32.7 Å². The first-order valence-corrected chi connectivity index (χ1v) is 8.26. The van der Waals surface area contributed by atoms with Crippen molar-refractivity contribution in [2.45, 2.75) is 0 Å². The Bertz CT molecular complexity index is 1170. The minimum absolute atomic E-state index is 0.291. The van der Waals surface area contributed by atoms with E-state index >= 15 is 0 Å². The summed E-state index contributed by atoms with van der Waals surface area (Å²) in [6, 6.07) is 26.1. The van der Waals surface area contributed by atoms with E-state index in [9.17, 15) is 4.79 Å². The molecule has 1 heterocycles. The van der Waals surface area contributed by atoms with Crippen LogP contribution in [0.3, 0.4) is 0 Å². The number of carbonyl (C=O) groups is 1. The predicted octanol–water partition coefficient (Wildman–Crippen LogP) is 5.45. The Morgan fingerprint density at radius 1 is 0.640 bits per heavy atom. The quantitative estimate of drug-likeness (QED) is 0.201. The monoisotopic (exact) mass is 322 g/mol. The highest BCUT2D eigenvalue weighted by atomic mass is 16.5. The summed E-state index contributed by atoms with van der Waals surface area (Å²) in [5, 5.41) is 4.25. The minimum atomic E-state index is -0.291. The van der Waals surface area contributed by atoms with Crippen LogP contribution in [0.1, 0.15) is 11.1 Å². The van der Waals surface area contributed by atoms with Crippen LogP contribution >= 0.6 is 0 Å². The van der Waals surface area contributed by atoms with E-state index in [2.05, 4.69) is 18.2 Å². The van der Waals surface area contributed by atoms with Gasteiger partial charge < -0.3 is 4.74 Å². The molecule has 0 spiro atoms. The number of ether oxygens (including phenoxy) is 1. The van der Waals surface area contributed by atoms with E-state index in [1.54, 1.807) is 0 Å². The zero-order chi connectivity index (χ0) is 16.8. The fourth-order valence-corrected chi connectivity index (χ4v) is 3.58. The van der Waals surface area contributed by atoms with Crippen LogP contribution in [-0.4, -0.2) is 5.97 Å². The van der Waals surface area contributed by atoms with Crippen LogP contribution in [-0.2, 0) is 4.79 Å².